The lowest BCUT2D eigenvalue weighted by Gasteiger charge is -2.18. The van der Waals surface area contributed by atoms with Gasteiger partial charge in [0.15, 0.2) is 0 Å². The molecular weight excluding hydrogens is 220 g/mol. The van der Waals surface area contributed by atoms with Crippen molar-refractivity contribution >= 4 is 0 Å². The molecule has 1 unspecified atom stereocenters. The summed E-state index contributed by atoms with van der Waals surface area (Å²) in [6.07, 6.45) is 3.21. The van der Waals surface area contributed by atoms with E-state index in [0.717, 1.165) is 19.3 Å². The Morgan fingerprint density at radius 3 is 2.12 bits per heavy atom. The number of nitrogens with two attached hydrogens (primary N) is 1. The minimum atomic E-state index is -0.495. The van der Waals surface area contributed by atoms with Gasteiger partial charge in [0.25, 0.3) is 0 Å². The fraction of sp³-hybridized carbons (Fsp3) is 0.571. The number of hydrogen-bond acceptors (Lipinski definition) is 1. The lowest BCUT2D eigenvalue weighted by molar-refractivity contribution is 0.401. The summed E-state index contributed by atoms with van der Waals surface area (Å²) in [5, 5.41) is 0. The monoisotopic (exact) mass is 241 g/mol. The van der Waals surface area contributed by atoms with E-state index in [1.807, 2.05) is 0 Å². The molecule has 0 radical (unpaired) electrons. The van der Waals surface area contributed by atoms with Crippen LogP contribution in [0, 0.1) is 17.6 Å². The second-order valence-electron chi connectivity index (χ2n) is 4.58. The fourth-order valence-corrected chi connectivity index (χ4v) is 2.12. The lowest BCUT2D eigenvalue weighted by Crippen LogP contribution is -2.26. The first-order chi connectivity index (χ1) is 8.08. The molecule has 96 valence electrons. The molecule has 0 fully saturated rings. The largest absolute Gasteiger partial charge is 0.327 e. The first kappa shape index (κ1) is 14.1. The van der Waals surface area contributed by atoms with Gasteiger partial charge in [-0.05, 0) is 30.9 Å². The van der Waals surface area contributed by atoms with Gasteiger partial charge in [0, 0.05) is 11.6 Å². The van der Waals surface area contributed by atoms with Crippen LogP contribution in [-0.4, -0.2) is 6.04 Å². The molecule has 0 aliphatic heterocycles. The number of halogens is 2. The van der Waals surface area contributed by atoms with Crippen molar-refractivity contribution in [2.45, 2.75) is 45.6 Å². The third-order valence-corrected chi connectivity index (χ3v) is 3.32. The van der Waals surface area contributed by atoms with Crippen molar-refractivity contribution in [1.82, 2.24) is 0 Å². The van der Waals surface area contributed by atoms with E-state index in [2.05, 4.69) is 13.8 Å². The van der Waals surface area contributed by atoms with E-state index in [4.69, 9.17) is 5.73 Å². The molecule has 0 spiro atoms. The van der Waals surface area contributed by atoms with Gasteiger partial charge in [-0.25, -0.2) is 8.78 Å². The van der Waals surface area contributed by atoms with Crippen LogP contribution in [-0.2, 0) is 6.42 Å². The highest BCUT2D eigenvalue weighted by molar-refractivity contribution is 5.20. The summed E-state index contributed by atoms with van der Waals surface area (Å²) >= 11 is 0. The quantitative estimate of drug-likeness (QED) is 0.808. The standard InChI is InChI=1S/C14H21F2N/c1-3-10(4-2)8-11(17)9-12-13(15)6-5-7-14(12)16/h5-7,10-11H,3-4,8-9,17H2,1-2H3. The molecule has 0 bridgehead atoms. The van der Waals surface area contributed by atoms with Crippen molar-refractivity contribution in [3.63, 3.8) is 0 Å². The Hall–Kier alpha value is -0.960. The highest BCUT2D eigenvalue weighted by Crippen LogP contribution is 2.19. The van der Waals surface area contributed by atoms with Crippen LogP contribution in [0.15, 0.2) is 18.2 Å². The molecule has 1 nitrogen and oxygen atoms in total. The Labute approximate surface area is 102 Å². The van der Waals surface area contributed by atoms with E-state index in [1.165, 1.54) is 18.2 Å². The summed E-state index contributed by atoms with van der Waals surface area (Å²) in [7, 11) is 0. The van der Waals surface area contributed by atoms with Gasteiger partial charge >= 0.3 is 0 Å². The fourth-order valence-electron chi connectivity index (χ4n) is 2.12. The molecule has 0 saturated carbocycles. The van der Waals surface area contributed by atoms with Crippen molar-refractivity contribution in [2.24, 2.45) is 11.7 Å². The van der Waals surface area contributed by atoms with E-state index in [1.54, 1.807) is 0 Å². The Morgan fingerprint density at radius 1 is 1.12 bits per heavy atom. The van der Waals surface area contributed by atoms with Crippen LogP contribution in [0.2, 0.25) is 0 Å². The van der Waals surface area contributed by atoms with Crippen molar-refractivity contribution < 1.29 is 8.78 Å². The zero-order chi connectivity index (χ0) is 12.8. The minimum Gasteiger partial charge on any atom is -0.327 e. The van der Waals surface area contributed by atoms with Gasteiger partial charge in [0.2, 0.25) is 0 Å². The molecule has 0 amide bonds. The van der Waals surface area contributed by atoms with Gasteiger partial charge in [-0.1, -0.05) is 32.8 Å². The number of benzene rings is 1. The summed E-state index contributed by atoms with van der Waals surface area (Å²) in [6.45, 7) is 4.23. The number of hydrogen-bond donors (Lipinski definition) is 1. The third kappa shape index (κ3) is 4.08. The SMILES string of the molecule is CCC(CC)CC(N)Cc1c(F)cccc1F. The molecule has 2 N–H and O–H groups in total. The maximum Gasteiger partial charge on any atom is 0.129 e. The van der Waals surface area contributed by atoms with Crippen molar-refractivity contribution in [1.29, 1.82) is 0 Å². The number of rotatable bonds is 6. The maximum atomic E-state index is 13.4. The smallest absolute Gasteiger partial charge is 0.129 e. The average molecular weight is 241 g/mol. The molecule has 0 heterocycles. The topological polar surface area (TPSA) is 26.0 Å². The van der Waals surface area contributed by atoms with Crippen LogP contribution >= 0.6 is 0 Å². The van der Waals surface area contributed by atoms with E-state index in [9.17, 15) is 8.78 Å². The molecule has 0 aromatic heterocycles. The summed E-state index contributed by atoms with van der Waals surface area (Å²) in [5.41, 5.74) is 6.08. The van der Waals surface area contributed by atoms with Gasteiger partial charge in [-0.2, -0.15) is 0 Å². The van der Waals surface area contributed by atoms with Gasteiger partial charge in [-0.3, -0.25) is 0 Å². The van der Waals surface area contributed by atoms with Gasteiger partial charge in [0.05, 0.1) is 0 Å². The first-order valence-electron chi connectivity index (χ1n) is 6.26. The van der Waals surface area contributed by atoms with E-state index >= 15 is 0 Å². The van der Waals surface area contributed by atoms with Gasteiger partial charge in [0.1, 0.15) is 11.6 Å². The predicted molar refractivity (Wildman–Crippen MR) is 66.7 cm³/mol. The maximum absolute atomic E-state index is 13.4. The molecular formula is C14H21F2N. The second kappa shape index (κ2) is 6.70. The molecule has 1 atom stereocenters. The normalized spacial score (nSPS) is 13.1. The summed E-state index contributed by atoms with van der Waals surface area (Å²) < 4.78 is 26.8. The molecule has 0 saturated heterocycles. The van der Waals surface area contributed by atoms with Crippen molar-refractivity contribution in [3.8, 4) is 0 Å². The Balaban J connectivity index is 2.64. The third-order valence-electron chi connectivity index (χ3n) is 3.32. The summed E-state index contributed by atoms with van der Waals surface area (Å²) in [5.74, 6) is -0.449. The Kier molecular flexibility index (Phi) is 5.56. The zero-order valence-corrected chi connectivity index (χ0v) is 10.5. The Morgan fingerprint density at radius 2 is 1.65 bits per heavy atom. The summed E-state index contributed by atoms with van der Waals surface area (Å²) in [4.78, 5) is 0. The average Bonchev–Trinajstić information content (AvgIpc) is 2.31. The van der Waals surface area contributed by atoms with Gasteiger partial charge in [-0.15, -0.1) is 0 Å². The van der Waals surface area contributed by atoms with E-state index < -0.39 is 11.6 Å². The first-order valence-corrected chi connectivity index (χ1v) is 6.26. The van der Waals surface area contributed by atoms with E-state index in [0.29, 0.717) is 5.92 Å². The lowest BCUT2D eigenvalue weighted by atomic mass is 9.92. The van der Waals surface area contributed by atoms with Crippen LogP contribution in [0.25, 0.3) is 0 Å². The predicted octanol–water partition coefficient (Wildman–Crippen LogP) is 3.66. The van der Waals surface area contributed by atoms with Crippen LogP contribution in [0.4, 0.5) is 8.78 Å². The van der Waals surface area contributed by atoms with Gasteiger partial charge < -0.3 is 5.73 Å². The van der Waals surface area contributed by atoms with Crippen LogP contribution < -0.4 is 5.73 Å². The molecule has 1 aromatic rings. The highest BCUT2D eigenvalue weighted by Gasteiger charge is 2.15. The highest BCUT2D eigenvalue weighted by atomic mass is 19.1. The zero-order valence-electron chi connectivity index (χ0n) is 10.5. The molecule has 3 heteroatoms. The second-order valence-corrected chi connectivity index (χ2v) is 4.58. The van der Waals surface area contributed by atoms with Crippen LogP contribution in [0.5, 0.6) is 0 Å². The van der Waals surface area contributed by atoms with Crippen molar-refractivity contribution in [2.75, 3.05) is 0 Å². The minimum absolute atomic E-state index is 0.117. The van der Waals surface area contributed by atoms with Crippen molar-refractivity contribution in [3.05, 3.63) is 35.4 Å². The van der Waals surface area contributed by atoms with Crippen LogP contribution in [0.3, 0.4) is 0 Å². The molecule has 0 aliphatic carbocycles. The Bertz CT molecular complexity index is 328. The molecule has 0 aliphatic rings. The summed E-state index contributed by atoms with van der Waals surface area (Å²) in [6, 6.07) is 3.76. The molecule has 1 rings (SSSR count). The van der Waals surface area contributed by atoms with E-state index in [-0.39, 0.29) is 18.0 Å². The van der Waals surface area contributed by atoms with Crippen LogP contribution in [0.1, 0.15) is 38.7 Å². The molecule has 1 aromatic carbocycles. The molecule has 17 heavy (non-hydrogen) atoms.